The molecule has 3 aromatic rings. The van der Waals surface area contributed by atoms with E-state index in [1.165, 1.54) is 24.3 Å². The van der Waals surface area contributed by atoms with Gasteiger partial charge in [-0.3, -0.25) is 9.35 Å². The van der Waals surface area contributed by atoms with E-state index in [9.17, 15) is 26.7 Å². The number of nitrogens with one attached hydrogen (secondary N) is 1. The Hall–Kier alpha value is -3.02. The van der Waals surface area contributed by atoms with Crippen molar-refractivity contribution in [3.8, 4) is 5.75 Å². The third-order valence-electron chi connectivity index (χ3n) is 4.37. The molecule has 9 nitrogen and oxygen atoms in total. The Morgan fingerprint density at radius 2 is 1.68 bits per heavy atom. The molecule has 0 fully saturated rings. The highest BCUT2D eigenvalue weighted by Crippen LogP contribution is 2.36. The summed E-state index contributed by atoms with van der Waals surface area (Å²) in [5, 5.41) is 10.6. The molecular weight excluding hydrogens is 408 g/mol. The molecule has 0 spiro atoms. The van der Waals surface area contributed by atoms with Gasteiger partial charge in [-0.05, 0) is 36.4 Å². The first-order chi connectivity index (χ1) is 13.0. The van der Waals surface area contributed by atoms with E-state index in [0.717, 1.165) is 18.4 Å². The molecule has 0 saturated carbocycles. The van der Waals surface area contributed by atoms with Crippen molar-refractivity contribution in [3.63, 3.8) is 0 Å². The monoisotopic (exact) mass is 420 g/mol. The summed E-state index contributed by atoms with van der Waals surface area (Å²) in [6.45, 7) is 0. The first kappa shape index (κ1) is 18.3. The summed E-state index contributed by atoms with van der Waals surface area (Å²) in [5.74, 6) is -0.999. The quantitative estimate of drug-likeness (QED) is 0.546. The Labute approximate surface area is 159 Å². The van der Waals surface area contributed by atoms with Crippen LogP contribution in [-0.4, -0.2) is 49.2 Å². The average molecular weight is 420 g/mol. The molecular formula is C17H12N2O7S2. The third kappa shape index (κ3) is 2.80. The van der Waals surface area contributed by atoms with Crippen LogP contribution in [0.2, 0.25) is 0 Å². The van der Waals surface area contributed by atoms with Crippen molar-refractivity contribution < 1.29 is 31.3 Å². The summed E-state index contributed by atoms with van der Waals surface area (Å²) in [7, 11) is -7.99. The number of aromatic amines is 1. The normalized spacial score (nSPS) is 14.4. The number of benzene rings is 2. The van der Waals surface area contributed by atoms with Gasteiger partial charge in [-0.2, -0.15) is 8.42 Å². The highest BCUT2D eigenvalue weighted by molar-refractivity contribution is 7.90. The van der Waals surface area contributed by atoms with Gasteiger partial charge in [-0.1, -0.05) is 0 Å². The van der Waals surface area contributed by atoms with Gasteiger partial charge < -0.3 is 10.1 Å². The van der Waals surface area contributed by atoms with E-state index in [2.05, 4.69) is 9.98 Å². The molecule has 3 N–H and O–H groups in total. The van der Waals surface area contributed by atoms with Crippen molar-refractivity contribution in [2.24, 2.45) is 4.99 Å². The van der Waals surface area contributed by atoms with Crippen molar-refractivity contribution in [2.45, 2.75) is 9.79 Å². The molecule has 4 rings (SSSR count). The van der Waals surface area contributed by atoms with Crippen molar-refractivity contribution in [1.82, 2.24) is 4.98 Å². The number of rotatable bonds is 3. The average Bonchev–Trinajstić information content (AvgIpc) is 3.10. The number of Topliss-reactive ketones (excluding diaryl/α,β-unsaturated/α-hetero) is 1. The van der Waals surface area contributed by atoms with E-state index in [4.69, 9.17) is 4.55 Å². The fourth-order valence-corrected chi connectivity index (χ4v) is 4.14. The molecule has 11 heteroatoms. The van der Waals surface area contributed by atoms with Gasteiger partial charge in [0, 0.05) is 17.2 Å². The maximum atomic E-state index is 12.7. The number of carbonyl (C=O) groups is 1. The minimum absolute atomic E-state index is 0.0327. The van der Waals surface area contributed by atoms with Crippen molar-refractivity contribution in [2.75, 3.05) is 6.26 Å². The van der Waals surface area contributed by atoms with Gasteiger partial charge in [0.05, 0.1) is 21.0 Å². The van der Waals surface area contributed by atoms with Crippen LogP contribution in [0.15, 0.2) is 51.2 Å². The Kier molecular flexibility index (Phi) is 3.76. The maximum Gasteiger partial charge on any atom is 0.294 e. The molecule has 0 saturated heterocycles. The predicted molar refractivity (Wildman–Crippen MR) is 99.9 cm³/mol. The molecule has 0 unspecified atom stereocenters. The molecule has 0 bridgehead atoms. The third-order valence-corrected chi connectivity index (χ3v) is 6.33. The number of carbonyl (C=O) groups excluding carboxylic acids is 1. The van der Waals surface area contributed by atoms with E-state index in [1.54, 1.807) is 0 Å². The molecule has 1 aromatic heterocycles. The fraction of sp³-hybridized carbons (Fsp3) is 0.0588. The Bertz CT molecular complexity index is 1430. The Morgan fingerprint density at radius 1 is 1.00 bits per heavy atom. The second kappa shape index (κ2) is 5.74. The summed E-state index contributed by atoms with van der Waals surface area (Å²) in [4.78, 5) is 19.3. The lowest BCUT2D eigenvalue weighted by Gasteiger charge is -2.01. The largest absolute Gasteiger partial charge is 0.505 e. The minimum atomic E-state index is -4.47. The fourth-order valence-electron chi connectivity index (χ4n) is 2.98. The topological polar surface area (TPSA) is 154 Å². The van der Waals surface area contributed by atoms with Crippen LogP contribution in [0, 0.1) is 0 Å². The van der Waals surface area contributed by atoms with Crippen molar-refractivity contribution in [1.29, 1.82) is 0 Å². The minimum Gasteiger partial charge on any atom is -0.505 e. The summed E-state index contributed by atoms with van der Waals surface area (Å²) in [6.07, 6.45) is 1.02. The van der Waals surface area contributed by atoms with Crippen LogP contribution in [0.4, 0.5) is 5.69 Å². The zero-order valence-electron chi connectivity index (χ0n) is 14.2. The number of aromatic nitrogens is 1. The van der Waals surface area contributed by atoms with Gasteiger partial charge in [0.25, 0.3) is 10.1 Å². The van der Waals surface area contributed by atoms with Crippen LogP contribution in [0.1, 0.15) is 16.1 Å². The van der Waals surface area contributed by atoms with Gasteiger partial charge in [-0.25, -0.2) is 13.4 Å². The summed E-state index contributed by atoms with van der Waals surface area (Å²) >= 11 is 0. The number of ketones is 1. The van der Waals surface area contributed by atoms with Crippen LogP contribution in [0.5, 0.6) is 5.75 Å². The van der Waals surface area contributed by atoms with Crippen LogP contribution >= 0.6 is 0 Å². The van der Waals surface area contributed by atoms with Crippen LogP contribution in [0.25, 0.3) is 10.9 Å². The van der Waals surface area contributed by atoms with Crippen molar-refractivity contribution in [3.05, 3.63) is 47.7 Å². The highest BCUT2D eigenvalue weighted by atomic mass is 32.2. The molecule has 2 aromatic carbocycles. The summed E-state index contributed by atoms with van der Waals surface area (Å²) in [5.41, 5.74) is 0.481. The number of aliphatic imine (C=N–C) groups is 1. The number of hydrogen-bond acceptors (Lipinski definition) is 7. The molecule has 0 radical (unpaired) electrons. The lowest BCUT2D eigenvalue weighted by molar-refractivity contribution is 0.106. The molecule has 0 atom stereocenters. The number of aromatic hydroxyl groups is 1. The number of sulfone groups is 1. The lowest BCUT2D eigenvalue weighted by Crippen LogP contribution is -2.12. The standard InChI is InChI=1S/C17H12N2O7S2/c1-27(22,23)8-2-4-12-10(6-8)16(20)14(18-12)15-17(21)11-7-9(28(24,25)26)3-5-13(11)19-15/h2-7,19,21H,1H3,(H,24,25,26). The highest BCUT2D eigenvalue weighted by Gasteiger charge is 2.31. The van der Waals surface area contributed by atoms with Crippen LogP contribution in [0.3, 0.4) is 0 Å². The van der Waals surface area contributed by atoms with E-state index in [0.29, 0.717) is 5.52 Å². The Morgan fingerprint density at radius 3 is 2.32 bits per heavy atom. The zero-order chi connectivity index (χ0) is 20.4. The summed E-state index contributed by atoms with van der Waals surface area (Å²) in [6, 6.07) is 7.48. The number of nitrogens with zero attached hydrogens (tertiary/aromatic N) is 1. The maximum absolute atomic E-state index is 12.7. The second-order valence-electron chi connectivity index (χ2n) is 6.27. The first-order valence-corrected chi connectivity index (χ1v) is 11.1. The molecule has 0 aliphatic carbocycles. The second-order valence-corrected chi connectivity index (χ2v) is 9.71. The van der Waals surface area contributed by atoms with Gasteiger partial charge in [0.15, 0.2) is 15.6 Å². The Balaban J connectivity index is 1.85. The number of hydrogen-bond donors (Lipinski definition) is 3. The van der Waals surface area contributed by atoms with Gasteiger partial charge in [-0.15, -0.1) is 0 Å². The van der Waals surface area contributed by atoms with Gasteiger partial charge >= 0.3 is 0 Å². The smallest absolute Gasteiger partial charge is 0.294 e. The van der Waals surface area contributed by atoms with E-state index >= 15 is 0 Å². The SMILES string of the molecule is CS(=O)(=O)c1ccc2c(c1)C(=O)C(c1[nH]c3ccc(S(=O)(=O)O)cc3c1O)=N2. The number of fused-ring (bicyclic) bond motifs is 2. The van der Waals surface area contributed by atoms with Gasteiger partial charge in [0.2, 0.25) is 5.78 Å². The molecule has 1 aliphatic heterocycles. The lowest BCUT2D eigenvalue weighted by atomic mass is 10.1. The number of H-pyrrole nitrogens is 1. The van der Waals surface area contributed by atoms with Crippen LogP contribution in [-0.2, 0) is 20.0 Å². The summed E-state index contributed by atoms with van der Waals surface area (Å²) < 4.78 is 55.2. The predicted octanol–water partition coefficient (Wildman–Crippen LogP) is 1.84. The van der Waals surface area contributed by atoms with E-state index in [-0.39, 0.29) is 32.9 Å². The molecule has 28 heavy (non-hydrogen) atoms. The van der Waals surface area contributed by atoms with Gasteiger partial charge in [0.1, 0.15) is 11.4 Å². The molecule has 0 amide bonds. The van der Waals surface area contributed by atoms with Crippen molar-refractivity contribution >= 4 is 48.0 Å². The molecule has 144 valence electrons. The molecule has 1 aliphatic rings. The zero-order valence-corrected chi connectivity index (χ0v) is 15.8. The van der Waals surface area contributed by atoms with E-state index in [1.807, 2.05) is 0 Å². The first-order valence-electron chi connectivity index (χ1n) is 7.77. The van der Waals surface area contributed by atoms with E-state index < -0.39 is 36.4 Å². The van der Waals surface area contributed by atoms with Crippen LogP contribution < -0.4 is 0 Å². The molecule has 2 heterocycles.